The van der Waals surface area contributed by atoms with E-state index in [4.69, 9.17) is 27.7 Å². The maximum atomic E-state index is 12.5. The van der Waals surface area contributed by atoms with E-state index in [-0.39, 0.29) is 18.2 Å². The third-order valence-electron chi connectivity index (χ3n) is 4.97. The third-order valence-corrected chi connectivity index (χ3v) is 5.54. The molecule has 4 rings (SSSR count). The summed E-state index contributed by atoms with van der Waals surface area (Å²) in [5, 5.41) is 8.98. The smallest absolute Gasteiger partial charge is 0.227 e. The zero-order chi connectivity index (χ0) is 21.1. The van der Waals surface area contributed by atoms with Crippen molar-refractivity contribution >= 4 is 40.0 Å². The lowest BCUT2D eigenvalue weighted by Gasteiger charge is -2.19. The summed E-state index contributed by atoms with van der Waals surface area (Å²) in [5.41, 5.74) is 2.99. The molecule has 0 saturated heterocycles. The second-order valence-electron chi connectivity index (χ2n) is 7.05. The number of rotatable bonds is 7. The molecule has 8 heteroatoms. The lowest BCUT2D eigenvalue weighted by molar-refractivity contribution is -0.121. The van der Waals surface area contributed by atoms with Gasteiger partial charge in [-0.25, -0.2) is 0 Å². The number of H-pyrrole nitrogens is 1. The molecule has 2 aromatic heterocycles. The van der Waals surface area contributed by atoms with Gasteiger partial charge in [-0.15, -0.1) is 0 Å². The molecule has 2 N–H and O–H groups in total. The molecule has 1 amide bonds. The Bertz CT molecular complexity index is 1180. The minimum Gasteiger partial charge on any atom is -0.361 e. The van der Waals surface area contributed by atoms with Gasteiger partial charge in [0.25, 0.3) is 0 Å². The van der Waals surface area contributed by atoms with E-state index in [0.29, 0.717) is 34.7 Å². The zero-order valence-electron chi connectivity index (χ0n) is 16.3. The minimum atomic E-state index is -0.138. The molecule has 154 valence electrons. The van der Waals surface area contributed by atoms with Crippen LogP contribution in [0, 0.1) is 6.92 Å². The van der Waals surface area contributed by atoms with Crippen molar-refractivity contribution in [1.29, 1.82) is 0 Å². The fourth-order valence-corrected chi connectivity index (χ4v) is 4.06. The largest absolute Gasteiger partial charge is 0.361 e. The second kappa shape index (κ2) is 8.90. The Kier molecular flexibility index (Phi) is 6.06. The summed E-state index contributed by atoms with van der Waals surface area (Å²) in [4.78, 5) is 19.9. The normalized spacial score (nSPS) is 12.2. The minimum absolute atomic E-state index is 0.0965. The van der Waals surface area contributed by atoms with Gasteiger partial charge in [-0.2, -0.15) is 4.98 Å². The standard InChI is InChI=1S/C22H20Cl2N4O2/c1-13-27-22(30-28-13)9-8-21(29)26-12-17(15-7-6-14(23)10-19(15)24)18-11-25-20-5-3-2-4-16(18)20/h2-7,10-11,17,25H,8-9,12H2,1H3,(H,26,29). The third kappa shape index (κ3) is 4.50. The van der Waals surface area contributed by atoms with Crippen molar-refractivity contribution in [3.05, 3.63) is 81.5 Å². The first-order valence-electron chi connectivity index (χ1n) is 9.58. The Morgan fingerprint density at radius 1 is 1.20 bits per heavy atom. The van der Waals surface area contributed by atoms with Crippen molar-refractivity contribution in [1.82, 2.24) is 20.4 Å². The number of para-hydroxylation sites is 1. The van der Waals surface area contributed by atoms with E-state index >= 15 is 0 Å². The van der Waals surface area contributed by atoms with Crippen LogP contribution in [0.3, 0.4) is 0 Å². The highest BCUT2D eigenvalue weighted by atomic mass is 35.5. The van der Waals surface area contributed by atoms with Gasteiger partial charge in [-0.05, 0) is 36.2 Å². The molecule has 0 saturated carbocycles. The summed E-state index contributed by atoms with van der Waals surface area (Å²) in [6, 6.07) is 13.5. The van der Waals surface area contributed by atoms with E-state index in [1.54, 1.807) is 13.0 Å². The number of carbonyl (C=O) groups excluding carboxylic acids is 1. The van der Waals surface area contributed by atoms with Crippen molar-refractivity contribution in [2.45, 2.75) is 25.7 Å². The highest BCUT2D eigenvalue weighted by molar-refractivity contribution is 6.35. The van der Waals surface area contributed by atoms with Crippen LogP contribution < -0.4 is 5.32 Å². The number of aromatic nitrogens is 3. The number of halogens is 2. The Labute approximate surface area is 183 Å². The molecule has 0 bridgehead atoms. The summed E-state index contributed by atoms with van der Waals surface area (Å²) < 4.78 is 5.07. The van der Waals surface area contributed by atoms with Crippen LogP contribution in [0.2, 0.25) is 10.0 Å². The van der Waals surface area contributed by atoms with Crippen molar-refractivity contribution in [3.8, 4) is 0 Å². The molecule has 0 fully saturated rings. The average Bonchev–Trinajstić information content (AvgIpc) is 3.34. The summed E-state index contributed by atoms with van der Waals surface area (Å²) in [7, 11) is 0. The number of hydrogen-bond donors (Lipinski definition) is 2. The SMILES string of the molecule is Cc1noc(CCC(=O)NCC(c2ccc(Cl)cc2Cl)c2c[nH]c3ccccc23)n1. The van der Waals surface area contributed by atoms with Crippen LogP contribution in [0.15, 0.2) is 53.2 Å². The summed E-state index contributed by atoms with van der Waals surface area (Å²) in [5.74, 6) is 0.778. The Hall–Kier alpha value is -2.83. The zero-order valence-corrected chi connectivity index (χ0v) is 17.8. The molecule has 2 heterocycles. The molecule has 4 aromatic rings. The molecular formula is C22H20Cl2N4O2. The van der Waals surface area contributed by atoms with Gasteiger partial charge >= 0.3 is 0 Å². The first-order valence-corrected chi connectivity index (χ1v) is 10.3. The van der Waals surface area contributed by atoms with E-state index in [0.717, 1.165) is 22.0 Å². The highest BCUT2D eigenvalue weighted by Gasteiger charge is 2.21. The van der Waals surface area contributed by atoms with E-state index < -0.39 is 0 Å². The molecule has 0 aliphatic rings. The average molecular weight is 443 g/mol. The van der Waals surface area contributed by atoms with Crippen molar-refractivity contribution in [2.75, 3.05) is 6.54 Å². The summed E-state index contributed by atoms with van der Waals surface area (Å²) in [6.45, 7) is 2.14. The second-order valence-corrected chi connectivity index (χ2v) is 7.89. The van der Waals surface area contributed by atoms with Crippen LogP contribution >= 0.6 is 23.2 Å². The lowest BCUT2D eigenvalue weighted by Crippen LogP contribution is -2.29. The van der Waals surface area contributed by atoms with E-state index in [1.807, 2.05) is 36.5 Å². The molecular weight excluding hydrogens is 423 g/mol. The molecule has 0 aliphatic heterocycles. The first-order chi connectivity index (χ1) is 14.5. The van der Waals surface area contributed by atoms with Crippen LogP contribution in [-0.2, 0) is 11.2 Å². The number of nitrogens with one attached hydrogen (secondary N) is 2. The fourth-order valence-electron chi connectivity index (χ4n) is 3.52. The summed E-state index contributed by atoms with van der Waals surface area (Å²) in [6.07, 6.45) is 2.62. The molecule has 1 unspecified atom stereocenters. The number of amides is 1. The Morgan fingerprint density at radius 2 is 2.03 bits per heavy atom. The lowest BCUT2D eigenvalue weighted by atomic mass is 9.90. The number of benzene rings is 2. The number of carbonyl (C=O) groups is 1. The van der Waals surface area contributed by atoms with Crippen molar-refractivity contribution in [2.24, 2.45) is 0 Å². The maximum absolute atomic E-state index is 12.5. The van der Waals surface area contributed by atoms with Crippen LogP contribution in [0.4, 0.5) is 0 Å². The first kappa shape index (κ1) is 20.4. The number of aromatic amines is 1. The fraction of sp³-hybridized carbons (Fsp3) is 0.227. The highest BCUT2D eigenvalue weighted by Crippen LogP contribution is 2.35. The predicted molar refractivity (Wildman–Crippen MR) is 117 cm³/mol. The van der Waals surface area contributed by atoms with Crippen LogP contribution in [0.5, 0.6) is 0 Å². The van der Waals surface area contributed by atoms with E-state index in [9.17, 15) is 4.79 Å². The van der Waals surface area contributed by atoms with Gasteiger partial charge < -0.3 is 14.8 Å². The maximum Gasteiger partial charge on any atom is 0.227 e. The van der Waals surface area contributed by atoms with E-state index in [1.165, 1.54) is 0 Å². The number of aryl methyl sites for hydroxylation is 2. The molecule has 0 spiro atoms. The Balaban J connectivity index is 1.55. The summed E-state index contributed by atoms with van der Waals surface area (Å²) >= 11 is 12.6. The number of nitrogens with zero attached hydrogens (tertiary/aromatic N) is 2. The Morgan fingerprint density at radius 3 is 2.80 bits per heavy atom. The van der Waals surface area contributed by atoms with Gasteiger partial charge in [0.1, 0.15) is 0 Å². The van der Waals surface area contributed by atoms with Crippen molar-refractivity contribution in [3.63, 3.8) is 0 Å². The number of hydrogen-bond acceptors (Lipinski definition) is 4. The van der Waals surface area contributed by atoms with Gasteiger partial charge in [-0.3, -0.25) is 4.79 Å². The van der Waals surface area contributed by atoms with Crippen molar-refractivity contribution < 1.29 is 9.32 Å². The quantitative estimate of drug-likeness (QED) is 0.419. The molecule has 30 heavy (non-hydrogen) atoms. The topological polar surface area (TPSA) is 83.8 Å². The molecule has 0 radical (unpaired) electrons. The molecule has 0 aliphatic carbocycles. The van der Waals surface area contributed by atoms with Gasteiger partial charge in [0.15, 0.2) is 5.82 Å². The van der Waals surface area contributed by atoms with Gasteiger partial charge in [0.05, 0.1) is 0 Å². The van der Waals surface area contributed by atoms with Crippen LogP contribution in [0.25, 0.3) is 10.9 Å². The molecule has 2 aromatic carbocycles. The van der Waals surface area contributed by atoms with E-state index in [2.05, 4.69) is 26.5 Å². The molecule has 1 atom stereocenters. The van der Waals surface area contributed by atoms with Crippen LogP contribution in [-0.4, -0.2) is 27.6 Å². The molecule has 6 nitrogen and oxygen atoms in total. The van der Waals surface area contributed by atoms with Gasteiger partial charge in [-0.1, -0.05) is 52.6 Å². The number of fused-ring (bicyclic) bond motifs is 1. The predicted octanol–water partition coefficient (Wildman–Crippen LogP) is 5.05. The van der Waals surface area contributed by atoms with Gasteiger partial charge in [0.2, 0.25) is 11.8 Å². The van der Waals surface area contributed by atoms with Crippen LogP contribution in [0.1, 0.15) is 35.2 Å². The monoisotopic (exact) mass is 442 g/mol. The van der Waals surface area contributed by atoms with Gasteiger partial charge in [0, 0.05) is 52.4 Å².